The lowest BCUT2D eigenvalue weighted by Crippen LogP contribution is -2.29. The van der Waals surface area contributed by atoms with Crippen molar-refractivity contribution in [3.63, 3.8) is 0 Å². The smallest absolute Gasteiger partial charge is 0.152 e. The summed E-state index contributed by atoms with van der Waals surface area (Å²) < 4.78 is 0. The van der Waals surface area contributed by atoms with Crippen LogP contribution in [-0.4, -0.2) is 37.4 Å². The minimum absolute atomic E-state index is 0.0954. The molecule has 142 valence electrons. The molecule has 27 heavy (non-hydrogen) atoms. The van der Waals surface area contributed by atoms with Crippen molar-refractivity contribution in [2.24, 2.45) is 0 Å². The van der Waals surface area contributed by atoms with Crippen molar-refractivity contribution in [2.75, 3.05) is 31.6 Å². The van der Waals surface area contributed by atoms with Gasteiger partial charge in [-0.3, -0.25) is 4.79 Å². The van der Waals surface area contributed by atoms with Gasteiger partial charge >= 0.3 is 0 Å². The molecule has 3 nitrogen and oxygen atoms in total. The molecule has 0 saturated carbocycles. The summed E-state index contributed by atoms with van der Waals surface area (Å²) in [6.45, 7) is 4.27. The summed E-state index contributed by atoms with van der Waals surface area (Å²) >= 11 is 6.34. The van der Waals surface area contributed by atoms with Gasteiger partial charge in [-0.05, 0) is 69.1 Å². The number of carbonyl (C=O) groups excluding carboxylic acids is 1. The number of fused-ring (bicyclic) bond motifs is 2. The summed E-state index contributed by atoms with van der Waals surface area (Å²) in [5, 5.41) is 0.818. The monoisotopic (exact) mass is 382 g/mol. The molecule has 1 aliphatic carbocycles. The van der Waals surface area contributed by atoms with Crippen LogP contribution in [0.15, 0.2) is 70.9 Å². The molecule has 0 N–H and O–H groups in total. The second-order valence-electron chi connectivity index (χ2n) is 7.17. The third-order valence-electron chi connectivity index (χ3n) is 4.95. The fourth-order valence-electron chi connectivity index (χ4n) is 3.57. The number of para-hydroxylation sites is 1. The van der Waals surface area contributed by atoms with Crippen LogP contribution in [0.1, 0.15) is 25.3 Å². The van der Waals surface area contributed by atoms with Crippen LogP contribution in [0.3, 0.4) is 0 Å². The van der Waals surface area contributed by atoms with Gasteiger partial charge in [-0.1, -0.05) is 48.0 Å². The third-order valence-corrected chi connectivity index (χ3v) is 5.22. The molecule has 1 heterocycles. The molecule has 0 amide bonds. The van der Waals surface area contributed by atoms with E-state index in [0.29, 0.717) is 0 Å². The molecule has 0 atom stereocenters. The Morgan fingerprint density at radius 3 is 2.89 bits per heavy atom. The quantitative estimate of drug-likeness (QED) is 0.629. The molecule has 0 unspecified atom stereocenters. The zero-order chi connectivity index (χ0) is 19.2. The summed E-state index contributed by atoms with van der Waals surface area (Å²) in [7, 11) is 2.09. The number of halogens is 1. The third kappa shape index (κ3) is 5.21. The van der Waals surface area contributed by atoms with E-state index in [1.165, 1.54) is 22.5 Å². The van der Waals surface area contributed by atoms with Crippen LogP contribution in [0.25, 0.3) is 0 Å². The minimum atomic E-state index is 0.0954. The first-order valence-corrected chi connectivity index (χ1v) is 9.90. The SMILES string of the molecule is CC(=O)/C=C/CN(C)CCCN1C2=CC(Cl)=CCC2=CCc2ccccc21. The van der Waals surface area contributed by atoms with Gasteiger partial charge in [0.25, 0.3) is 0 Å². The van der Waals surface area contributed by atoms with Crippen molar-refractivity contribution >= 4 is 23.1 Å². The Morgan fingerprint density at radius 1 is 1.26 bits per heavy atom. The van der Waals surface area contributed by atoms with Crippen LogP contribution in [0.5, 0.6) is 0 Å². The van der Waals surface area contributed by atoms with E-state index in [1.807, 2.05) is 6.08 Å². The normalized spacial score (nSPS) is 16.4. The summed E-state index contributed by atoms with van der Waals surface area (Å²) in [5.74, 6) is 0.0954. The van der Waals surface area contributed by atoms with Gasteiger partial charge in [0, 0.05) is 29.5 Å². The lowest BCUT2D eigenvalue weighted by atomic mass is 10.0. The van der Waals surface area contributed by atoms with E-state index >= 15 is 0 Å². The first-order valence-electron chi connectivity index (χ1n) is 9.52. The molecule has 0 spiro atoms. The van der Waals surface area contributed by atoms with Crippen LogP contribution in [-0.2, 0) is 11.2 Å². The Kier molecular flexibility index (Phi) is 6.70. The molecule has 1 aromatic rings. The predicted octanol–water partition coefficient (Wildman–Crippen LogP) is 4.85. The van der Waals surface area contributed by atoms with Crippen LogP contribution in [0.2, 0.25) is 0 Å². The van der Waals surface area contributed by atoms with Gasteiger partial charge in [-0.15, -0.1) is 0 Å². The summed E-state index contributed by atoms with van der Waals surface area (Å²) in [4.78, 5) is 15.7. The molecule has 0 radical (unpaired) electrons. The van der Waals surface area contributed by atoms with E-state index in [9.17, 15) is 4.79 Å². The summed E-state index contributed by atoms with van der Waals surface area (Å²) in [5.41, 5.74) is 5.22. The number of hydrogen-bond acceptors (Lipinski definition) is 3. The van der Waals surface area contributed by atoms with Crippen LogP contribution in [0, 0.1) is 0 Å². The molecule has 0 fully saturated rings. The zero-order valence-electron chi connectivity index (χ0n) is 16.1. The predicted molar refractivity (Wildman–Crippen MR) is 114 cm³/mol. The number of ketones is 1. The lowest BCUT2D eigenvalue weighted by Gasteiger charge is -2.31. The summed E-state index contributed by atoms with van der Waals surface area (Å²) in [6, 6.07) is 8.64. The molecule has 1 aliphatic heterocycles. The molecule has 1 aromatic carbocycles. The Bertz CT molecular complexity index is 819. The van der Waals surface area contributed by atoms with E-state index in [-0.39, 0.29) is 5.78 Å². The lowest BCUT2D eigenvalue weighted by molar-refractivity contribution is -0.112. The van der Waals surface area contributed by atoms with Crippen molar-refractivity contribution in [3.05, 3.63) is 76.5 Å². The van der Waals surface area contributed by atoms with Gasteiger partial charge in [0.15, 0.2) is 5.78 Å². The zero-order valence-corrected chi connectivity index (χ0v) is 16.9. The maximum Gasteiger partial charge on any atom is 0.152 e. The van der Waals surface area contributed by atoms with Gasteiger partial charge < -0.3 is 9.80 Å². The molecule has 0 aromatic heterocycles. The van der Waals surface area contributed by atoms with Gasteiger partial charge in [-0.25, -0.2) is 0 Å². The average molecular weight is 383 g/mol. The highest BCUT2D eigenvalue weighted by Gasteiger charge is 2.23. The van der Waals surface area contributed by atoms with Crippen LogP contribution < -0.4 is 4.90 Å². The highest BCUT2D eigenvalue weighted by atomic mass is 35.5. The highest BCUT2D eigenvalue weighted by Crippen LogP contribution is 2.36. The second-order valence-corrected chi connectivity index (χ2v) is 7.60. The largest absolute Gasteiger partial charge is 0.341 e. The van der Waals surface area contributed by atoms with E-state index in [0.717, 1.165) is 43.9 Å². The number of anilines is 1. The van der Waals surface area contributed by atoms with Crippen molar-refractivity contribution in [1.29, 1.82) is 0 Å². The molecule has 3 rings (SSSR count). The number of hydrogen-bond donors (Lipinski definition) is 0. The molecular formula is C23H27ClN2O. The van der Waals surface area contributed by atoms with E-state index in [4.69, 9.17) is 11.6 Å². The molecule has 2 aliphatic rings. The van der Waals surface area contributed by atoms with Crippen LogP contribution >= 0.6 is 11.6 Å². The molecule has 0 saturated heterocycles. The standard InChI is InChI=1S/C23H27ClN2O/c1-18(27)7-5-14-25(2)15-6-16-26-22-9-4-3-8-19(22)10-11-20-12-13-21(24)17-23(20)26/h3-5,7-9,11,13,17H,6,10,12,14-16H2,1-2H3/b7-5+. The first kappa shape index (κ1) is 19.7. The van der Waals surface area contributed by atoms with Crippen LogP contribution in [0.4, 0.5) is 5.69 Å². The number of rotatable bonds is 7. The van der Waals surface area contributed by atoms with Gasteiger partial charge in [-0.2, -0.15) is 0 Å². The van der Waals surface area contributed by atoms with E-state index in [1.54, 1.807) is 13.0 Å². The number of allylic oxidation sites excluding steroid dienone is 6. The number of benzene rings is 1. The van der Waals surface area contributed by atoms with E-state index < -0.39 is 0 Å². The van der Waals surface area contributed by atoms with Gasteiger partial charge in [0.2, 0.25) is 0 Å². The highest BCUT2D eigenvalue weighted by molar-refractivity contribution is 6.31. The molecule has 0 bridgehead atoms. The molecular weight excluding hydrogens is 356 g/mol. The number of likely N-dealkylation sites (N-methyl/N-ethyl adjacent to an activating group) is 1. The minimum Gasteiger partial charge on any atom is -0.341 e. The Hall–Kier alpha value is -2.10. The maximum atomic E-state index is 11.0. The molecule has 4 heteroatoms. The average Bonchev–Trinajstić information content (AvgIpc) is 2.79. The maximum absolute atomic E-state index is 11.0. The van der Waals surface area contributed by atoms with Crippen molar-refractivity contribution < 1.29 is 4.79 Å². The fourth-order valence-corrected chi connectivity index (χ4v) is 3.75. The van der Waals surface area contributed by atoms with Gasteiger partial charge in [0.05, 0.1) is 0 Å². The second kappa shape index (κ2) is 9.20. The fraction of sp³-hybridized carbons (Fsp3) is 0.348. The van der Waals surface area contributed by atoms with Crippen molar-refractivity contribution in [2.45, 2.75) is 26.2 Å². The Balaban J connectivity index is 1.72. The Morgan fingerprint density at radius 2 is 2.07 bits per heavy atom. The van der Waals surface area contributed by atoms with Gasteiger partial charge in [0.1, 0.15) is 0 Å². The van der Waals surface area contributed by atoms with Crippen molar-refractivity contribution in [1.82, 2.24) is 4.90 Å². The topological polar surface area (TPSA) is 23.6 Å². The first-order chi connectivity index (χ1) is 13.0. The number of nitrogens with zero attached hydrogens (tertiary/aromatic N) is 2. The number of carbonyl (C=O) groups is 1. The van der Waals surface area contributed by atoms with E-state index in [2.05, 4.69) is 59.3 Å². The summed E-state index contributed by atoms with van der Waals surface area (Å²) in [6.07, 6.45) is 13.0. The van der Waals surface area contributed by atoms with Crippen molar-refractivity contribution in [3.8, 4) is 0 Å². The Labute approximate surface area is 167 Å².